The Morgan fingerprint density at radius 3 is 3.00 bits per heavy atom. The van der Waals surface area contributed by atoms with Crippen LogP contribution in [0.2, 0.25) is 0 Å². The van der Waals surface area contributed by atoms with Gasteiger partial charge in [0.1, 0.15) is 0 Å². The lowest BCUT2D eigenvalue weighted by atomic mass is 9.46. The predicted molar refractivity (Wildman–Crippen MR) is 95.7 cm³/mol. The van der Waals surface area contributed by atoms with E-state index >= 15 is 0 Å². The Kier molecular flexibility index (Phi) is 2.98. The lowest BCUT2D eigenvalue weighted by Gasteiger charge is -2.64. The summed E-state index contributed by atoms with van der Waals surface area (Å²) < 4.78 is 11.7. The van der Waals surface area contributed by atoms with Gasteiger partial charge in [0.05, 0.1) is 11.0 Å². The van der Waals surface area contributed by atoms with Crippen molar-refractivity contribution in [2.24, 2.45) is 5.92 Å². The van der Waals surface area contributed by atoms with Crippen LogP contribution in [0, 0.1) is 5.92 Å². The zero-order valence-electron chi connectivity index (χ0n) is 13.7. The topological polar surface area (TPSA) is 59.0 Å². The first kappa shape index (κ1) is 15.4. The van der Waals surface area contributed by atoms with Crippen LogP contribution in [-0.4, -0.2) is 47.1 Å². The molecule has 1 aromatic carbocycles. The van der Waals surface area contributed by atoms with Gasteiger partial charge in [-0.15, -0.1) is 0 Å². The van der Waals surface area contributed by atoms with E-state index in [1.165, 1.54) is 5.56 Å². The van der Waals surface area contributed by atoms with Gasteiger partial charge in [0.25, 0.3) is 0 Å². The largest absolute Gasteiger partial charge is 0.477 e. The summed E-state index contributed by atoms with van der Waals surface area (Å²) >= 11 is 1.85. The normalized spacial score (nSPS) is 42.5. The maximum absolute atomic E-state index is 12.8. The van der Waals surface area contributed by atoms with Crippen molar-refractivity contribution in [2.45, 2.75) is 49.3 Å². The first-order chi connectivity index (χ1) is 11.4. The second kappa shape index (κ2) is 4.65. The number of carbonyl (C=O) groups is 1. The average molecular weight is 441 g/mol. The smallest absolute Gasteiger partial charge is 0.192 e. The number of carbonyl (C=O) groups excluding carboxylic acids is 1. The van der Waals surface area contributed by atoms with E-state index in [1.54, 1.807) is 0 Å². The zero-order chi connectivity index (χ0) is 16.9. The van der Waals surface area contributed by atoms with Gasteiger partial charge in [0, 0.05) is 24.6 Å². The highest BCUT2D eigenvalue weighted by atomic mass is 127. The van der Waals surface area contributed by atoms with Gasteiger partial charge in [-0.3, -0.25) is 9.69 Å². The number of piperidine rings is 1. The minimum absolute atomic E-state index is 0.0257. The number of Topliss-reactive ketones (excluding diaryl/α,β-unsaturated/α-hetero) is 1. The third-order valence-electron chi connectivity index (χ3n) is 6.95. The Morgan fingerprint density at radius 1 is 1.46 bits per heavy atom. The van der Waals surface area contributed by atoms with Crippen molar-refractivity contribution >= 4 is 28.8 Å². The van der Waals surface area contributed by atoms with Crippen molar-refractivity contribution in [3.63, 3.8) is 0 Å². The van der Waals surface area contributed by atoms with Gasteiger partial charge >= 0.3 is 0 Å². The summed E-state index contributed by atoms with van der Waals surface area (Å²) in [7, 11) is 2.08. The molecule has 6 heteroatoms. The van der Waals surface area contributed by atoms with Crippen molar-refractivity contribution in [3.05, 3.63) is 23.3 Å². The summed E-state index contributed by atoms with van der Waals surface area (Å²) in [5, 5.41) is 11.9. The van der Waals surface area contributed by atoms with Crippen molar-refractivity contribution in [1.82, 2.24) is 4.90 Å². The molecule has 5 nitrogen and oxygen atoms in total. The highest BCUT2D eigenvalue weighted by Gasteiger charge is 2.75. The van der Waals surface area contributed by atoms with Gasteiger partial charge in [-0.1, -0.05) is 13.0 Å². The quantitative estimate of drug-likeness (QED) is 0.676. The molecule has 2 heterocycles. The predicted octanol–water partition coefficient (Wildman–Crippen LogP) is 2.01. The molecule has 0 aromatic heterocycles. The molecule has 1 aromatic rings. The molecule has 24 heavy (non-hydrogen) atoms. The highest BCUT2D eigenvalue weighted by molar-refractivity contribution is 14.1. The molecule has 1 saturated carbocycles. The zero-order valence-corrected chi connectivity index (χ0v) is 15.9. The van der Waals surface area contributed by atoms with Crippen LogP contribution < -0.4 is 7.80 Å². The lowest BCUT2D eigenvalue weighted by molar-refractivity contribution is -0.201. The van der Waals surface area contributed by atoms with Gasteiger partial charge in [0.2, 0.25) is 0 Å². The number of ketones is 1. The molecule has 0 amide bonds. The summed E-state index contributed by atoms with van der Waals surface area (Å²) in [6.07, 6.45) is 1.09. The van der Waals surface area contributed by atoms with Crippen LogP contribution in [0.1, 0.15) is 30.9 Å². The number of rotatable bonds is 1. The van der Waals surface area contributed by atoms with E-state index in [-0.39, 0.29) is 17.7 Å². The first-order valence-electron chi connectivity index (χ1n) is 8.52. The van der Waals surface area contributed by atoms with Gasteiger partial charge < -0.3 is 12.9 Å². The summed E-state index contributed by atoms with van der Waals surface area (Å²) in [5.41, 5.74) is 0.648. The Balaban J connectivity index is 1.89. The third-order valence-corrected chi connectivity index (χ3v) is 7.43. The van der Waals surface area contributed by atoms with E-state index in [1.807, 2.05) is 29.1 Å². The molecular weight excluding hydrogens is 421 g/mol. The number of likely N-dealkylation sites (tertiary alicyclic amines) is 1. The van der Waals surface area contributed by atoms with Gasteiger partial charge in [-0.2, -0.15) is 0 Å². The van der Waals surface area contributed by atoms with Crippen molar-refractivity contribution in [2.75, 3.05) is 13.6 Å². The number of ether oxygens (including phenoxy) is 1. The third kappa shape index (κ3) is 1.44. The molecule has 0 radical (unpaired) electrons. The molecule has 1 N–H and O–H groups in total. The van der Waals surface area contributed by atoms with Gasteiger partial charge in [0.15, 0.2) is 46.4 Å². The second-order valence-electron chi connectivity index (χ2n) is 7.82. The van der Waals surface area contributed by atoms with Crippen LogP contribution in [0.25, 0.3) is 0 Å². The molecule has 0 unspecified atom stereocenters. The molecule has 4 aliphatic rings. The molecule has 2 aliphatic heterocycles. The molecule has 2 fully saturated rings. The minimum atomic E-state index is -0.930. The van der Waals surface area contributed by atoms with Crippen LogP contribution >= 0.6 is 23.0 Å². The summed E-state index contributed by atoms with van der Waals surface area (Å²) in [4.78, 5) is 15.1. The number of likely N-dealkylation sites (N-methyl/N-ethyl adjacent to an activating group) is 1. The SMILES string of the molecule is C[C@@H]1CN(C)[C@@H]2Cc3ccc(OI)c4c3[C@]13[C@@H](O4)C(=O)CC[C@@]23O. The Morgan fingerprint density at radius 2 is 2.25 bits per heavy atom. The molecule has 5 rings (SSSR count). The fourth-order valence-electron chi connectivity index (χ4n) is 6.14. The lowest BCUT2D eigenvalue weighted by Crippen LogP contribution is -2.78. The molecule has 1 spiro atoms. The van der Waals surface area contributed by atoms with E-state index in [4.69, 9.17) is 7.80 Å². The number of hydrogen-bond donors (Lipinski definition) is 1. The maximum Gasteiger partial charge on any atom is 0.192 e. The monoisotopic (exact) mass is 441 g/mol. The Labute approximate surface area is 155 Å². The van der Waals surface area contributed by atoms with Crippen LogP contribution in [0.5, 0.6) is 11.5 Å². The fraction of sp³-hybridized carbons (Fsp3) is 0.611. The number of benzene rings is 1. The van der Waals surface area contributed by atoms with Crippen molar-refractivity contribution < 1.29 is 17.7 Å². The van der Waals surface area contributed by atoms with E-state index < -0.39 is 17.1 Å². The number of nitrogens with zero attached hydrogens (tertiary/aromatic N) is 1. The number of halogens is 1. The van der Waals surface area contributed by atoms with E-state index in [9.17, 15) is 9.90 Å². The van der Waals surface area contributed by atoms with Crippen LogP contribution in [0.3, 0.4) is 0 Å². The molecule has 5 atom stereocenters. The first-order valence-corrected chi connectivity index (χ1v) is 9.40. The molecule has 128 valence electrons. The molecule has 2 aliphatic carbocycles. The summed E-state index contributed by atoms with van der Waals surface area (Å²) in [6.45, 7) is 3.00. The van der Waals surface area contributed by atoms with E-state index in [0.717, 1.165) is 18.5 Å². The maximum atomic E-state index is 12.8. The Bertz CT molecular complexity index is 768. The molecular formula is C18H20INO4. The second-order valence-corrected chi connectivity index (χ2v) is 8.26. The number of aliphatic hydroxyl groups is 1. The van der Waals surface area contributed by atoms with Gasteiger partial charge in [-0.25, -0.2) is 0 Å². The minimum Gasteiger partial charge on any atom is -0.477 e. The van der Waals surface area contributed by atoms with Gasteiger partial charge in [-0.05, 0) is 37.4 Å². The number of hydrogen-bond acceptors (Lipinski definition) is 5. The standard InChI is InChI=1S/C18H20INO4/c1-9-8-20(2)13-7-10-3-4-12(24-19)15-14(10)18(9)16(23-15)11(21)5-6-17(13,18)22/h3-4,9,13,16,22H,5-8H2,1-2H3/t9-,13-,16+,17-,18+/m1/s1. The van der Waals surface area contributed by atoms with Crippen molar-refractivity contribution in [3.8, 4) is 11.5 Å². The summed E-state index contributed by atoms with van der Waals surface area (Å²) in [5.74, 6) is 1.56. The van der Waals surface area contributed by atoms with E-state index in [0.29, 0.717) is 24.3 Å². The average Bonchev–Trinajstić information content (AvgIpc) is 2.93. The van der Waals surface area contributed by atoms with Crippen LogP contribution in [0.15, 0.2) is 12.1 Å². The van der Waals surface area contributed by atoms with Crippen molar-refractivity contribution in [1.29, 1.82) is 0 Å². The fourth-order valence-corrected chi connectivity index (χ4v) is 6.48. The Hall–Kier alpha value is -0.860. The van der Waals surface area contributed by atoms with Crippen LogP contribution in [0.4, 0.5) is 0 Å². The molecule has 1 saturated heterocycles. The highest BCUT2D eigenvalue weighted by Crippen LogP contribution is 2.66. The summed E-state index contributed by atoms with van der Waals surface area (Å²) in [6, 6.07) is 4.03. The van der Waals surface area contributed by atoms with Crippen LogP contribution in [-0.2, 0) is 16.6 Å². The van der Waals surface area contributed by atoms with E-state index in [2.05, 4.69) is 24.9 Å². The molecule has 2 bridgehead atoms.